The van der Waals surface area contributed by atoms with Crippen LogP contribution in [0.25, 0.3) is 11.1 Å². The number of hydrogen-bond donors (Lipinski definition) is 0. The molecular formula is C22H25NO4. The van der Waals surface area contributed by atoms with Crippen molar-refractivity contribution in [2.75, 3.05) is 26.3 Å². The molecule has 27 heavy (non-hydrogen) atoms. The van der Waals surface area contributed by atoms with Crippen LogP contribution < -0.4 is 0 Å². The monoisotopic (exact) mass is 367 g/mol. The lowest BCUT2D eigenvalue weighted by molar-refractivity contribution is -0.144. The van der Waals surface area contributed by atoms with E-state index < -0.39 is 12.1 Å². The number of nitrogens with zero attached hydrogens (tertiary/aromatic N) is 1. The summed E-state index contributed by atoms with van der Waals surface area (Å²) >= 11 is 0. The second-order valence-electron chi connectivity index (χ2n) is 6.53. The van der Waals surface area contributed by atoms with Crippen LogP contribution >= 0.6 is 0 Å². The summed E-state index contributed by atoms with van der Waals surface area (Å²) < 4.78 is 10.6. The molecule has 5 heteroatoms. The lowest BCUT2D eigenvalue weighted by atomic mass is 9.98. The predicted octanol–water partition coefficient (Wildman–Crippen LogP) is 4.21. The molecule has 0 aliphatic heterocycles. The summed E-state index contributed by atoms with van der Waals surface area (Å²) in [7, 11) is 0. The third-order valence-electron chi connectivity index (χ3n) is 4.71. The molecule has 0 spiro atoms. The first-order valence-corrected chi connectivity index (χ1v) is 9.41. The topological polar surface area (TPSA) is 55.8 Å². The summed E-state index contributed by atoms with van der Waals surface area (Å²) in [5.41, 5.74) is 4.70. The van der Waals surface area contributed by atoms with Crippen molar-refractivity contribution in [1.82, 2.24) is 4.90 Å². The number of ether oxygens (including phenoxy) is 2. The van der Waals surface area contributed by atoms with Crippen LogP contribution in [0.3, 0.4) is 0 Å². The SMILES string of the molecule is CCCN(CC(=O)OCC)C(=O)OCC1c2ccccc2-c2ccccc21. The van der Waals surface area contributed by atoms with Gasteiger partial charge in [0.25, 0.3) is 0 Å². The fourth-order valence-corrected chi connectivity index (χ4v) is 3.55. The molecule has 5 nitrogen and oxygen atoms in total. The lowest BCUT2D eigenvalue weighted by Crippen LogP contribution is -2.38. The van der Waals surface area contributed by atoms with Gasteiger partial charge in [0, 0.05) is 12.5 Å². The summed E-state index contributed by atoms with van der Waals surface area (Å²) in [6.45, 7) is 4.61. The van der Waals surface area contributed by atoms with Gasteiger partial charge in [-0.05, 0) is 35.6 Å². The summed E-state index contributed by atoms with van der Waals surface area (Å²) in [5.74, 6) is -0.410. The Labute approximate surface area is 159 Å². The van der Waals surface area contributed by atoms with Gasteiger partial charge in [-0.15, -0.1) is 0 Å². The third kappa shape index (κ3) is 4.13. The molecule has 0 bridgehead atoms. The summed E-state index contributed by atoms with van der Waals surface area (Å²) in [6.07, 6.45) is 0.260. The maximum atomic E-state index is 12.5. The van der Waals surface area contributed by atoms with Gasteiger partial charge in [0.1, 0.15) is 13.2 Å². The van der Waals surface area contributed by atoms with E-state index in [1.165, 1.54) is 27.2 Å². The number of amides is 1. The van der Waals surface area contributed by atoms with Gasteiger partial charge < -0.3 is 9.47 Å². The van der Waals surface area contributed by atoms with E-state index in [9.17, 15) is 9.59 Å². The van der Waals surface area contributed by atoms with Gasteiger partial charge in [-0.1, -0.05) is 55.5 Å². The van der Waals surface area contributed by atoms with Gasteiger partial charge in [0.15, 0.2) is 0 Å². The number of fused-ring (bicyclic) bond motifs is 3. The highest BCUT2D eigenvalue weighted by molar-refractivity contribution is 5.80. The van der Waals surface area contributed by atoms with Crippen molar-refractivity contribution in [3.63, 3.8) is 0 Å². The van der Waals surface area contributed by atoms with Crippen LogP contribution in [0.4, 0.5) is 4.79 Å². The van der Waals surface area contributed by atoms with Gasteiger partial charge in [-0.3, -0.25) is 9.69 Å². The summed E-state index contributed by atoms with van der Waals surface area (Å²) in [6, 6.07) is 16.4. The van der Waals surface area contributed by atoms with Crippen molar-refractivity contribution in [2.24, 2.45) is 0 Å². The zero-order chi connectivity index (χ0) is 19.2. The maximum Gasteiger partial charge on any atom is 0.410 e. The normalized spacial score (nSPS) is 12.2. The third-order valence-corrected chi connectivity index (χ3v) is 4.71. The van der Waals surface area contributed by atoms with Crippen LogP contribution in [-0.2, 0) is 14.3 Å². The Balaban J connectivity index is 1.71. The molecule has 0 heterocycles. The molecule has 0 saturated carbocycles. The maximum absolute atomic E-state index is 12.5. The minimum atomic E-state index is -0.480. The van der Waals surface area contributed by atoms with Crippen LogP contribution in [0.15, 0.2) is 48.5 Å². The van der Waals surface area contributed by atoms with E-state index in [4.69, 9.17) is 9.47 Å². The molecule has 0 unspecified atom stereocenters. The fraction of sp³-hybridized carbons (Fsp3) is 0.364. The molecule has 0 atom stereocenters. The molecule has 2 aromatic rings. The Bertz CT molecular complexity index is 772. The van der Waals surface area contributed by atoms with Crippen LogP contribution in [0.5, 0.6) is 0 Å². The van der Waals surface area contributed by atoms with Crippen molar-refractivity contribution in [1.29, 1.82) is 0 Å². The molecule has 0 aromatic heterocycles. The second kappa shape index (κ2) is 8.71. The lowest BCUT2D eigenvalue weighted by Gasteiger charge is -2.22. The molecular weight excluding hydrogens is 342 g/mol. The highest BCUT2D eigenvalue weighted by atomic mass is 16.6. The van der Waals surface area contributed by atoms with Crippen molar-refractivity contribution in [3.05, 3.63) is 59.7 Å². The van der Waals surface area contributed by atoms with Crippen molar-refractivity contribution >= 4 is 12.1 Å². The minimum Gasteiger partial charge on any atom is -0.465 e. The molecule has 1 aliphatic rings. The van der Waals surface area contributed by atoms with E-state index in [1.54, 1.807) is 6.92 Å². The number of esters is 1. The van der Waals surface area contributed by atoms with Crippen LogP contribution in [-0.4, -0.2) is 43.3 Å². The molecule has 142 valence electrons. The molecule has 3 rings (SSSR count). The van der Waals surface area contributed by atoms with Gasteiger partial charge >= 0.3 is 12.1 Å². The second-order valence-corrected chi connectivity index (χ2v) is 6.53. The number of rotatable bonds is 7. The number of carbonyl (C=O) groups excluding carboxylic acids is 2. The summed E-state index contributed by atoms with van der Waals surface area (Å²) in [4.78, 5) is 25.7. The van der Waals surface area contributed by atoms with E-state index >= 15 is 0 Å². The highest BCUT2D eigenvalue weighted by Crippen LogP contribution is 2.44. The van der Waals surface area contributed by atoms with E-state index in [0.29, 0.717) is 13.2 Å². The number of benzene rings is 2. The number of hydrogen-bond acceptors (Lipinski definition) is 4. The minimum absolute atomic E-state index is 0.00687. The fourth-order valence-electron chi connectivity index (χ4n) is 3.55. The van der Waals surface area contributed by atoms with Gasteiger partial charge in [-0.25, -0.2) is 4.79 Å². The zero-order valence-electron chi connectivity index (χ0n) is 15.8. The Hall–Kier alpha value is -2.82. The quantitative estimate of drug-likeness (QED) is 0.688. The smallest absolute Gasteiger partial charge is 0.410 e. The van der Waals surface area contributed by atoms with Gasteiger partial charge in [-0.2, -0.15) is 0 Å². The highest BCUT2D eigenvalue weighted by Gasteiger charge is 2.29. The average Bonchev–Trinajstić information content (AvgIpc) is 3.00. The van der Waals surface area contributed by atoms with Crippen molar-refractivity contribution < 1.29 is 19.1 Å². The van der Waals surface area contributed by atoms with Crippen LogP contribution in [0.2, 0.25) is 0 Å². The first kappa shape index (κ1) is 19.0. The van der Waals surface area contributed by atoms with Crippen LogP contribution in [0.1, 0.15) is 37.3 Å². The Morgan fingerprint density at radius 1 is 0.926 bits per heavy atom. The molecule has 1 amide bonds. The average molecular weight is 367 g/mol. The molecule has 1 aliphatic carbocycles. The van der Waals surface area contributed by atoms with Crippen molar-refractivity contribution in [2.45, 2.75) is 26.2 Å². The zero-order valence-corrected chi connectivity index (χ0v) is 15.8. The van der Waals surface area contributed by atoms with Gasteiger partial charge in [0.2, 0.25) is 0 Å². The molecule has 0 saturated heterocycles. The predicted molar refractivity (Wildman–Crippen MR) is 104 cm³/mol. The van der Waals surface area contributed by atoms with E-state index in [-0.39, 0.29) is 19.1 Å². The molecule has 0 radical (unpaired) electrons. The molecule has 0 N–H and O–H groups in total. The van der Waals surface area contributed by atoms with E-state index in [0.717, 1.165) is 6.42 Å². The molecule has 2 aromatic carbocycles. The van der Waals surface area contributed by atoms with E-state index in [1.807, 2.05) is 31.2 Å². The summed E-state index contributed by atoms with van der Waals surface area (Å²) in [5, 5.41) is 0. The van der Waals surface area contributed by atoms with Gasteiger partial charge in [0.05, 0.1) is 6.61 Å². The van der Waals surface area contributed by atoms with Crippen LogP contribution in [0, 0.1) is 0 Å². The first-order valence-electron chi connectivity index (χ1n) is 9.41. The standard InChI is InChI=1S/C22H25NO4/c1-3-13-23(14-21(24)26-4-2)22(25)27-15-20-18-11-7-5-9-16(18)17-10-6-8-12-19(17)20/h5-12,20H,3-4,13-15H2,1-2H3. The number of carbonyl (C=O) groups is 2. The first-order chi connectivity index (χ1) is 13.2. The Morgan fingerprint density at radius 3 is 2.07 bits per heavy atom. The van der Waals surface area contributed by atoms with E-state index in [2.05, 4.69) is 24.3 Å². The Morgan fingerprint density at radius 2 is 1.52 bits per heavy atom. The largest absolute Gasteiger partial charge is 0.465 e. The Kier molecular flexibility index (Phi) is 6.12. The van der Waals surface area contributed by atoms with Crippen molar-refractivity contribution in [3.8, 4) is 11.1 Å². The molecule has 0 fully saturated rings.